The largest absolute Gasteiger partial charge is 0.493 e. The van der Waals surface area contributed by atoms with Gasteiger partial charge in [-0.3, -0.25) is 4.79 Å². The fourth-order valence-electron chi connectivity index (χ4n) is 2.48. The van der Waals surface area contributed by atoms with E-state index in [0.29, 0.717) is 18.0 Å². The number of carbonyl (C=O) groups excluding carboxylic acids is 1. The van der Waals surface area contributed by atoms with Crippen molar-refractivity contribution in [1.82, 2.24) is 5.32 Å². The van der Waals surface area contributed by atoms with E-state index in [1.165, 1.54) is 11.8 Å². The number of aryl methyl sites for hydroxylation is 1. The third-order valence-electron chi connectivity index (χ3n) is 3.92. The molecule has 4 nitrogen and oxygen atoms in total. The summed E-state index contributed by atoms with van der Waals surface area (Å²) in [5.41, 5.74) is 1.11. The molecule has 0 aliphatic carbocycles. The smallest absolute Gasteiger partial charge is 0.233 e. The van der Waals surface area contributed by atoms with E-state index < -0.39 is 0 Å². The number of methoxy groups -OCH3 is 2. The number of hydrogen-bond donors (Lipinski definition) is 1. The average Bonchev–Trinajstić information content (AvgIpc) is 2.66. The van der Waals surface area contributed by atoms with Crippen LogP contribution in [0.5, 0.6) is 11.5 Å². The lowest BCUT2D eigenvalue weighted by Crippen LogP contribution is -2.31. The molecule has 0 radical (unpaired) electrons. The molecular formula is C20H24ClNO3S. The predicted molar refractivity (Wildman–Crippen MR) is 108 cm³/mol. The molecule has 0 aliphatic heterocycles. The van der Waals surface area contributed by atoms with E-state index in [1.807, 2.05) is 49.4 Å². The van der Waals surface area contributed by atoms with Crippen molar-refractivity contribution in [3.05, 3.63) is 53.1 Å². The molecule has 2 aromatic rings. The molecule has 1 N–H and O–H groups in total. The van der Waals surface area contributed by atoms with Crippen LogP contribution in [-0.4, -0.2) is 31.9 Å². The number of thioether (sulfide) groups is 1. The van der Waals surface area contributed by atoms with Crippen LogP contribution in [0.2, 0.25) is 5.02 Å². The van der Waals surface area contributed by atoms with E-state index in [1.54, 1.807) is 14.2 Å². The topological polar surface area (TPSA) is 47.6 Å². The molecule has 0 spiro atoms. The second kappa shape index (κ2) is 10.3. The molecule has 140 valence electrons. The molecule has 0 aliphatic rings. The molecule has 26 heavy (non-hydrogen) atoms. The maximum Gasteiger partial charge on any atom is 0.233 e. The highest BCUT2D eigenvalue weighted by molar-refractivity contribution is 8.00. The van der Waals surface area contributed by atoms with Gasteiger partial charge in [-0.1, -0.05) is 29.8 Å². The SMILES string of the molecule is COc1ccc(SC(C)C(=O)NCCCc2ccccc2Cl)cc1OC. The Hall–Kier alpha value is -1.85. The van der Waals surface area contributed by atoms with Crippen LogP contribution in [0.1, 0.15) is 18.9 Å². The molecule has 0 aromatic heterocycles. The number of benzene rings is 2. The normalized spacial score (nSPS) is 11.7. The molecule has 2 rings (SSSR count). The molecule has 6 heteroatoms. The van der Waals surface area contributed by atoms with Crippen molar-refractivity contribution in [3.8, 4) is 11.5 Å². The molecule has 2 aromatic carbocycles. The third-order valence-corrected chi connectivity index (χ3v) is 5.38. The second-order valence-corrected chi connectivity index (χ2v) is 7.58. The minimum absolute atomic E-state index is 0.0175. The van der Waals surface area contributed by atoms with Crippen molar-refractivity contribution < 1.29 is 14.3 Å². The number of halogens is 1. The van der Waals surface area contributed by atoms with Crippen LogP contribution < -0.4 is 14.8 Å². The molecular weight excluding hydrogens is 370 g/mol. The Morgan fingerprint density at radius 1 is 1.15 bits per heavy atom. The van der Waals surface area contributed by atoms with Gasteiger partial charge in [-0.2, -0.15) is 0 Å². The predicted octanol–water partition coefficient (Wildman–Crippen LogP) is 4.59. The lowest BCUT2D eigenvalue weighted by molar-refractivity contribution is -0.120. The van der Waals surface area contributed by atoms with Crippen LogP contribution in [0.25, 0.3) is 0 Å². The molecule has 0 saturated carbocycles. The quantitative estimate of drug-likeness (QED) is 0.500. The van der Waals surface area contributed by atoms with Gasteiger partial charge in [-0.15, -0.1) is 11.8 Å². The molecule has 0 bridgehead atoms. The van der Waals surface area contributed by atoms with Gasteiger partial charge in [0.1, 0.15) is 0 Å². The van der Waals surface area contributed by atoms with E-state index in [0.717, 1.165) is 28.3 Å². The summed E-state index contributed by atoms with van der Waals surface area (Å²) in [7, 11) is 3.20. The van der Waals surface area contributed by atoms with E-state index in [2.05, 4.69) is 5.32 Å². The third kappa shape index (κ3) is 5.85. The number of rotatable bonds is 9. The minimum atomic E-state index is -0.201. The van der Waals surface area contributed by atoms with Gasteiger partial charge in [0, 0.05) is 16.5 Å². The second-order valence-electron chi connectivity index (χ2n) is 5.76. The number of nitrogens with one attached hydrogen (secondary N) is 1. The van der Waals surface area contributed by atoms with Gasteiger partial charge < -0.3 is 14.8 Å². The zero-order chi connectivity index (χ0) is 18.9. The van der Waals surface area contributed by atoms with Crippen LogP contribution in [0.15, 0.2) is 47.4 Å². The Bertz CT molecular complexity index is 739. The van der Waals surface area contributed by atoms with Gasteiger partial charge in [0.15, 0.2) is 11.5 Å². The van der Waals surface area contributed by atoms with Gasteiger partial charge in [-0.25, -0.2) is 0 Å². The van der Waals surface area contributed by atoms with Crippen molar-refractivity contribution in [3.63, 3.8) is 0 Å². The lowest BCUT2D eigenvalue weighted by Gasteiger charge is -2.14. The lowest BCUT2D eigenvalue weighted by atomic mass is 10.1. The summed E-state index contributed by atoms with van der Waals surface area (Å²) in [4.78, 5) is 13.2. The molecule has 0 saturated heterocycles. The first kappa shape index (κ1) is 20.5. The fourth-order valence-corrected chi connectivity index (χ4v) is 3.63. The van der Waals surface area contributed by atoms with Crippen molar-refractivity contribution in [2.75, 3.05) is 20.8 Å². The van der Waals surface area contributed by atoms with Crippen molar-refractivity contribution in [2.24, 2.45) is 0 Å². The van der Waals surface area contributed by atoms with E-state index in [9.17, 15) is 4.79 Å². The number of carbonyl (C=O) groups is 1. The first-order valence-electron chi connectivity index (χ1n) is 8.45. The molecule has 0 fully saturated rings. The number of amides is 1. The fraction of sp³-hybridized carbons (Fsp3) is 0.350. The van der Waals surface area contributed by atoms with Gasteiger partial charge in [0.2, 0.25) is 5.91 Å². The van der Waals surface area contributed by atoms with Crippen LogP contribution >= 0.6 is 23.4 Å². The average molecular weight is 394 g/mol. The van der Waals surface area contributed by atoms with E-state index >= 15 is 0 Å². The highest BCUT2D eigenvalue weighted by atomic mass is 35.5. The summed E-state index contributed by atoms with van der Waals surface area (Å²) in [6.07, 6.45) is 1.69. The Labute approximate surface area is 164 Å². The molecule has 1 atom stereocenters. The summed E-state index contributed by atoms with van der Waals surface area (Å²) in [6.45, 7) is 2.52. The van der Waals surface area contributed by atoms with E-state index in [-0.39, 0.29) is 11.2 Å². The summed E-state index contributed by atoms with van der Waals surface area (Å²) in [5.74, 6) is 1.35. The summed E-state index contributed by atoms with van der Waals surface area (Å²) in [5, 5.41) is 3.56. The van der Waals surface area contributed by atoms with Crippen molar-refractivity contribution >= 4 is 29.3 Å². The van der Waals surface area contributed by atoms with Crippen LogP contribution in [0.4, 0.5) is 0 Å². The highest BCUT2D eigenvalue weighted by Gasteiger charge is 2.15. The molecule has 0 heterocycles. The Balaban J connectivity index is 1.79. The van der Waals surface area contributed by atoms with Crippen molar-refractivity contribution in [2.45, 2.75) is 29.9 Å². The Kier molecular flexibility index (Phi) is 8.13. The summed E-state index contributed by atoms with van der Waals surface area (Å²) in [6, 6.07) is 13.4. The number of hydrogen-bond acceptors (Lipinski definition) is 4. The highest BCUT2D eigenvalue weighted by Crippen LogP contribution is 2.33. The molecule has 1 unspecified atom stereocenters. The van der Waals surface area contributed by atoms with E-state index in [4.69, 9.17) is 21.1 Å². The van der Waals surface area contributed by atoms with Gasteiger partial charge in [0.25, 0.3) is 0 Å². The van der Waals surface area contributed by atoms with Crippen molar-refractivity contribution in [1.29, 1.82) is 0 Å². The molecule has 1 amide bonds. The van der Waals surface area contributed by atoms with Gasteiger partial charge >= 0.3 is 0 Å². The van der Waals surface area contributed by atoms with Crippen LogP contribution in [0, 0.1) is 0 Å². The first-order chi connectivity index (χ1) is 12.5. The van der Waals surface area contributed by atoms with Crippen LogP contribution in [-0.2, 0) is 11.2 Å². The Morgan fingerprint density at radius 3 is 2.58 bits per heavy atom. The first-order valence-corrected chi connectivity index (χ1v) is 9.70. The van der Waals surface area contributed by atoms with Crippen LogP contribution in [0.3, 0.4) is 0 Å². The van der Waals surface area contributed by atoms with Gasteiger partial charge in [0.05, 0.1) is 19.5 Å². The van der Waals surface area contributed by atoms with Gasteiger partial charge in [-0.05, 0) is 49.6 Å². The summed E-state index contributed by atoms with van der Waals surface area (Å²) >= 11 is 7.63. The minimum Gasteiger partial charge on any atom is -0.493 e. The standard InChI is InChI=1S/C20H24ClNO3S/c1-14(26-16-10-11-18(24-2)19(13-16)25-3)20(23)22-12-6-8-15-7-4-5-9-17(15)21/h4-5,7,9-11,13-14H,6,8,12H2,1-3H3,(H,22,23). The summed E-state index contributed by atoms with van der Waals surface area (Å²) < 4.78 is 10.5. The monoisotopic (exact) mass is 393 g/mol. The zero-order valence-electron chi connectivity index (χ0n) is 15.3. The zero-order valence-corrected chi connectivity index (χ0v) is 16.8. The Morgan fingerprint density at radius 2 is 1.88 bits per heavy atom. The number of ether oxygens (including phenoxy) is 2. The maximum absolute atomic E-state index is 12.3. The maximum atomic E-state index is 12.3.